The second kappa shape index (κ2) is 3.03. The van der Waals surface area contributed by atoms with Crippen molar-refractivity contribution in [3.05, 3.63) is 34.6 Å². The third-order valence-corrected chi connectivity index (χ3v) is 2.87. The highest BCUT2D eigenvalue weighted by Crippen LogP contribution is 2.44. The minimum Gasteiger partial charge on any atom is -0.478 e. The van der Waals surface area contributed by atoms with Crippen molar-refractivity contribution in [3.63, 3.8) is 0 Å². The molecule has 2 rings (SSSR count). The van der Waals surface area contributed by atoms with E-state index in [4.69, 9.17) is 10.8 Å². The van der Waals surface area contributed by atoms with Gasteiger partial charge < -0.3 is 10.8 Å². The zero-order chi connectivity index (χ0) is 11.2. The molecule has 0 aromatic heterocycles. The van der Waals surface area contributed by atoms with Crippen molar-refractivity contribution in [2.24, 2.45) is 5.73 Å². The van der Waals surface area contributed by atoms with Gasteiger partial charge in [0.15, 0.2) is 0 Å². The van der Waals surface area contributed by atoms with Gasteiger partial charge in [-0.1, -0.05) is 0 Å². The predicted molar refractivity (Wildman–Crippen MR) is 53.2 cm³/mol. The lowest BCUT2D eigenvalue weighted by molar-refractivity contribution is 0.0696. The summed E-state index contributed by atoms with van der Waals surface area (Å²) >= 11 is 0. The summed E-state index contributed by atoms with van der Waals surface area (Å²) in [5.74, 6) is -1.45. The van der Waals surface area contributed by atoms with Crippen molar-refractivity contribution in [1.82, 2.24) is 0 Å². The molecule has 15 heavy (non-hydrogen) atoms. The third kappa shape index (κ3) is 1.61. The van der Waals surface area contributed by atoms with Crippen LogP contribution in [0.2, 0.25) is 0 Å². The summed E-state index contributed by atoms with van der Waals surface area (Å²) in [5, 5.41) is 8.90. The highest BCUT2D eigenvalue weighted by Gasteiger charge is 2.42. The molecule has 1 saturated carbocycles. The van der Waals surface area contributed by atoms with E-state index in [1.807, 2.05) is 0 Å². The van der Waals surface area contributed by atoms with E-state index < -0.39 is 17.3 Å². The first-order chi connectivity index (χ1) is 6.94. The van der Waals surface area contributed by atoms with Crippen molar-refractivity contribution in [1.29, 1.82) is 0 Å². The molecule has 1 aromatic carbocycles. The van der Waals surface area contributed by atoms with Crippen LogP contribution in [0.1, 0.15) is 34.3 Å². The molecule has 1 aliphatic carbocycles. The van der Waals surface area contributed by atoms with Crippen LogP contribution in [-0.4, -0.2) is 11.1 Å². The van der Waals surface area contributed by atoms with Crippen molar-refractivity contribution < 1.29 is 14.3 Å². The lowest BCUT2D eigenvalue weighted by Gasteiger charge is -2.12. The average Bonchev–Trinajstić information content (AvgIpc) is 2.83. The summed E-state index contributed by atoms with van der Waals surface area (Å²) in [7, 11) is 0. The Kier molecular flexibility index (Phi) is 2.04. The second-order valence-electron chi connectivity index (χ2n) is 4.11. The Morgan fingerprint density at radius 1 is 1.53 bits per heavy atom. The molecule has 0 radical (unpaired) electrons. The van der Waals surface area contributed by atoms with Gasteiger partial charge in [0, 0.05) is 11.1 Å². The van der Waals surface area contributed by atoms with Crippen LogP contribution < -0.4 is 5.73 Å². The fourth-order valence-electron chi connectivity index (χ4n) is 1.69. The fourth-order valence-corrected chi connectivity index (χ4v) is 1.69. The Morgan fingerprint density at radius 2 is 2.13 bits per heavy atom. The van der Waals surface area contributed by atoms with Gasteiger partial charge in [0.2, 0.25) is 0 Å². The van der Waals surface area contributed by atoms with Gasteiger partial charge in [0.05, 0.1) is 5.56 Å². The number of rotatable bonds is 2. The molecule has 0 saturated heterocycles. The Morgan fingerprint density at radius 3 is 2.60 bits per heavy atom. The number of carbonyl (C=O) groups is 1. The van der Waals surface area contributed by atoms with Crippen molar-refractivity contribution in [3.8, 4) is 0 Å². The van der Waals surface area contributed by atoms with E-state index in [0.29, 0.717) is 24.0 Å². The zero-order valence-electron chi connectivity index (χ0n) is 8.38. The smallest absolute Gasteiger partial charge is 0.335 e. The molecule has 0 atom stereocenters. The van der Waals surface area contributed by atoms with Crippen LogP contribution >= 0.6 is 0 Å². The monoisotopic (exact) mass is 209 g/mol. The number of nitrogens with two attached hydrogens (primary N) is 1. The normalized spacial score (nSPS) is 17.5. The van der Waals surface area contributed by atoms with Crippen LogP contribution in [0.4, 0.5) is 4.39 Å². The summed E-state index contributed by atoms with van der Waals surface area (Å²) in [6.07, 6.45) is 1.43. The van der Waals surface area contributed by atoms with E-state index >= 15 is 0 Å². The Balaban J connectivity index is 2.56. The van der Waals surface area contributed by atoms with Crippen LogP contribution in [0.15, 0.2) is 12.1 Å². The van der Waals surface area contributed by atoms with Gasteiger partial charge in [0.25, 0.3) is 0 Å². The molecule has 3 N–H and O–H groups in total. The maximum atomic E-state index is 13.6. The number of aryl methyl sites for hydroxylation is 1. The Bertz CT molecular complexity index is 438. The van der Waals surface area contributed by atoms with Crippen LogP contribution in [0, 0.1) is 12.7 Å². The first kappa shape index (κ1) is 10.1. The first-order valence-electron chi connectivity index (χ1n) is 4.77. The molecule has 3 nitrogen and oxygen atoms in total. The highest BCUT2D eigenvalue weighted by atomic mass is 19.1. The number of halogens is 1. The molecule has 0 amide bonds. The van der Waals surface area contributed by atoms with E-state index in [2.05, 4.69) is 0 Å². The lowest BCUT2D eigenvalue weighted by Crippen LogP contribution is -2.21. The van der Waals surface area contributed by atoms with E-state index in [1.165, 1.54) is 12.1 Å². The summed E-state index contributed by atoms with van der Waals surface area (Å²) in [6.45, 7) is 1.58. The minimum atomic E-state index is -1.04. The maximum Gasteiger partial charge on any atom is 0.335 e. The molecule has 4 heteroatoms. The van der Waals surface area contributed by atoms with Crippen LogP contribution in [-0.2, 0) is 5.54 Å². The van der Waals surface area contributed by atoms with Crippen LogP contribution in [0.3, 0.4) is 0 Å². The van der Waals surface area contributed by atoms with Crippen LogP contribution in [0.5, 0.6) is 0 Å². The summed E-state index contributed by atoms with van der Waals surface area (Å²) in [4.78, 5) is 10.9. The van der Waals surface area contributed by atoms with Gasteiger partial charge in [-0.2, -0.15) is 0 Å². The summed E-state index contributed by atoms with van der Waals surface area (Å²) in [6, 6.07) is 2.60. The Hall–Kier alpha value is -1.42. The SMILES string of the molecule is Cc1cc(F)c(C2(N)CC2)cc1C(=O)O. The lowest BCUT2D eigenvalue weighted by atomic mass is 9.98. The van der Waals surface area contributed by atoms with Gasteiger partial charge in [-0.25, -0.2) is 9.18 Å². The topological polar surface area (TPSA) is 63.3 Å². The highest BCUT2D eigenvalue weighted by molar-refractivity contribution is 5.89. The second-order valence-corrected chi connectivity index (χ2v) is 4.11. The summed E-state index contributed by atoms with van der Waals surface area (Å²) < 4.78 is 13.6. The molecule has 0 bridgehead atoms. The molecule has 1 fully saturated rings. The molecule has 0 unspecified atom stereocenters. The van der Waals surface area contributed by atoms with Crippen molar-refractivity contribution in [2.75, 3.05) is 0 Å². The first-order valence-corrected chi connectivity index (χ1v) is 4.77. The van der Waals surface area contributed by atoms with E-state index in [0.717, 1.165) is 0 Å². The number of hydrogen-bond donors (Lipinski definition) is 2. The number of hydrogen-bond acceptors (Lipinski definition) is 2. The predicted octanol–water partition coefficient (Wildman–Crippen LogP) is 1.78. The molecule has 0 heterocycles. The average molecular weight is 209 g/mol. The van der Waals surface area contributed by atoms with Crippen molar-refractivity contribution >= 4 is 5.97 Å². The number of aromatic carboxylic acids is 1. The van der Waals surface area contributed by atoms with Gasteiger partial charge >= 0.3 is 5.97 Å². The number of carboxylic acids is 1. The standard InChI is InChI=1S/C11H12FNO2/c1-6-4-9(12)8(11(13)2-3-11)5-7(6)10(14)15/h4-5H,2-3,13H2,1H3,(H,14,15). The fraction of sp³-hybridized carbons (Fsp3) is 0.364. The van der Waals surface area contributed by atoms with Gasteiger partial charge in [-0.15, -0.1) is 0 Å². The van der Waals surface area contributed by atoms with E-state index in [-0.39, 0.29) is 5.56 Å². The number of carboxylic acid groups (broad SMARTS) is 1. The van der Waals surface area contributed by atoms with E-state index in [9.17, 15) is 9.18 Å². The van der Waals surface area contributed by atoms with Crippen molar-refractivity contribution in [2.45, 2.75) is 25.3 Å². The van der Waals surface area contributed by atoms with Gasteiger partial charge in [-0.3, -0.25) is 0 Å². The number of benzene rings is 1. The molecular formula is C11H12FNO2. The maximum absolute atomic E-state index is 13.6. The molecule has 0 spiro atoms. The molecule has 80 valence electrons. The zero-order valence-corrected chi connectivity index (χ0v) is 8.38. The largest absolute Gasteiger partial charge is 0.478 e. The summed E-state index contributed by atoms with van der Waals surface area (Å²) in [5.41, 5.74) is 6.09. The molecule has 1 aliphatic rings. The third-order valence-electron chi connectivity index (χ3n) is 2.87. The molecule has 1 aromatic rings. The van der Waals surface area contributed by atoms with Gasteiger partial charge in [-0.05, 0) is 37.5 Å². The van der Waals surface area contributed by atoms with E-state index in [1.54, 1.807) is 6.92 Å². The molecule has 0 aliphatic heterocycles. The minimum absolute atomic E-state index is 0.128. The molecular weight excluding hydrogens is 197 g/mol. The van der Waals surface area contributed by atoms with Gasteiger partial charge in [0.1, 0.15) is 5.82 Å². The van der Waals surface area contributed by atoms with Crippen LogP contribution in [0.25, 0.3) is 0 Å². The Labute approximate surface area is 86.7 Å². The quantitative estimate of drug-likeness (QED) is 0.780.